The quantitative estimate of drug-likeness (QED) is 0.723. The predicted octanol–water partition coefficient (Wildman–Crippen LogP) is 2.70. The van der Waals surface area contributed by atoms with Gasteiger partial charge in [0.25, 0.3) is 5.91 Å². The molecule has 2 aromatic rings. The Morgan fingerprint density at radius 2 is 1.76 bits per heavy atom. The van der Waals surface area contributed by atoms with Crippen molar-refractivity contribution in [1.82, 2.24) is 0 Å². The number of anilines is 2. The maximum atomic E-state index is 12.0. The number of aryl methyl sites for hydroxylation is 2. The minimum atomic E-state index is -0.594. The molecule has 0 spiro atoms. The zero-order chi connectivity index (χ0) is 20.6. The third-order valence-electron chi connectivity index (χ3n) is 4.58. The molecule has 154 valence electrons. The van der Waals surface area contributed by atoms with Crippen molar-refractivity contribution >= 4 is 23.3 Å². The van der Waals surface area contributed by atoms with Crippen molar-refractivity contribution in [1.29, 1.82) is 0 Å². The minimum absolute atomic E-state index is 0.244. The van der Waals surface area contributed by atoms with Crippen molar-refractivity contribution in [2.24, 2.45) is 0 Å². The molecule has 0 atom stereocenters. The van der Waals surface area contributed by atoms with Gasteiger partial charge in [-0.15, -0.1) is 0 Å². The molecule has 3 rings (SSSR count). The molecule has 7 nitrogen and oxygen atoms in total. The van der Waals surface area contributed by atoms with Gasteiger partial charge in [-0.2, -0.15) is 0 Å². The van der Waals surface area contributed by atoms with Gasteiger partial charge >= 0.3 is 5.97 Å². The summed E-state index contributed by atoms with van der Waals surface area (Å²) in [6, 6.07) is 13.3. The van der Waals surface area contributed by atoms with Crippen LogP contribution in [0.2, 0.25) is 0 Å². The van der Waals surface area contributed by atoms with Crippen LogP contribution in [0, 0.1) is 13.8 Å². The van der Waals surface area contributed by atoms with Gasteiger partial charge < -0.3 is 24.4 Å². The lowest BCUT2D eigenvalue weighted by Gasteiger charge is -2.28. The van der Waals surface area contributed by atoms with Crippen LogP contribution in [-0.2, 0) is 19.1 Å². The summed E-state index contributed by atoms with van der Waals surface area (Å²) in [6.45, 7) is 6.39. The summed E-state index contributed by atoms with van der Waals surface area (Å²) in [4.78, 5) is 26.1. The van der Waals surface area contributed by atoms with Gasteiger partial charge in [0.1, 0.15) is 5.75 Å². The molecule has 1 amide bonds. The van der Waals surface area contributed by atoms with Crippen molar-refractivity contribution in [2.75, 3.05) is 49.7 Å². The summed E-state index contributed by atoms with van der Waals surface area (Å²) < 4.78 is 15.8. The van der Waals surface area contributed by atoms with Gasteiger partial charge in [-0.3, -0.25) is 4.79 Å². The summed E-state index contributed by atoms with van der Waals surface area (Å²) in [7, 11) is 0. The van der Waals surface area contributed by atoms with E-state index in [-0.39, 0.29) is 13.2 Å². The molecule has 1 heterocycles. The fourth-order valence-corrected chi connectivity index (χ4v) is 2.96. The number of amides is 1. The van der Waals surface area contributed by atoms with E-state index < -0.39 is 11.9 Å². The van der Waals surface area contributed by atoms with Gasteiger partial charge in [0, 0.05) is 24.5 Å². The van der Waals surface area contributed by atoms with E-state index in [0.717, 1.165) is 43.1 Å². The zero-order valence-corrected chi connectivity index (χ0v) is 16.8. The summed E-state index contributed by atoms with van der Waals surface area (Å²) >= 11 is 0. The first kappa shape index (κ1) is 20.7. The maximum absolute atomic E-state index is 12.0. The Kier molecular flexibility index (Phi) is 7.08. The standard InChI is InChI=1S/C22H26N2O5/c1-16-3-4-17(2)20(13-16)28-15-22(26)29-14-21(25)23-18-5-7-19(8-6-18)24-9-11-27-12-10-24/h3-8,13H,9-12,14-15H2,1-2H3,(H,23,25). The molecule has 0 aromatic heterocycles. The van der Waals surface area contributed by atoms with E-state index in [9.17, 15) is 9.59 Å². The summed E-state index contributed by atoms with van der Waals surface area (Å²) in [6.07, 6.45) is 0. The smallest absolute Gasteiger partial charge is 0.344 e. The Hall–Kier alpha value is -3.06. The average molecular weight is 398 g/mol. The Morgan fingerprint density at radius 1 is 1.03 bits per heavy atom. The molecule has 29 heavy (non-hydrogen) atoms. The molecule has 1 N–H and O–H groups in total. The molecule has 1 saturated heterocycles. The van der Waals surface area contributed by atoms with E-state index in [2.05, 4.69) is 10.2 Å². The number of hydrogen-bond donors (Lipinski definition) is 1. The van der Waals surface area contributed by atoms with E-state index in [1.165, 1.54) is 0 Å². The average Bonchev–Trinajstić information content (AvgIpc) is 2.74. The van der Waals surface area contributed by atoms with E-state index in [4.69, 9.17) is 14.2 Å². The van der Waals surface area contributed by atoms with Crippen molar-refractivity contribution in [3.05, 3.63) is 53.6 Å². The highest BCUT2D eigenvalue weighted by molar-refractivity contribution is 5.93. The van der Waals surface area contributed by atoms with Crippen molar-refractivity contribution in [2.45, 2.75) is 13.8 Å². The lowest BCUT2D eigenvalue weighted by Crippen LogP contribution is -2.36. The van der Waals surface area contributed by atoms with Crippen LogP contribution < -0.4 is 15.0 Å². The zero-order valence-electron chi connectivity index (χ0n) is 16.8. The third-order valence-corrected chi connectivity index (χ3v) is 4.58. The number of nitrogens with one attached hydrogen (secondary N) is 1. The molecule has 7 heteroatoms. The number of carbonyl (C=O) groups excluding carboxylic acids is 2. The number of hydrogen-bond acceptors (Lipinski definition) is 6. The van der Waals surface area contributed by atoms with Crippen LogP contribution in [0.15, 0.2) is 42.5 Å². The van der Waals surface area contributed by atoms with Gasteiger partial charge in [0.05, 0.1) is 13.2 Å². The highest BCUT2D eigenvalue weighted by Gasteiger charge is 2.12. The predicted molar refractivity (Wildman–Crippen MR) is 110 cm³/mol. The van der Waals surface area contributed by atoms with Crippen LogP contribution in [0.25, 0.3) is 0 Å². The van der Waals surface area contributed by atoms with Gasteiger partial charge in [-0.25, -0.2) is 4.79 Å². The Labute approximate surface area is 170 Å². The first-order valence-electron chi connectivity index (χ1n) is 9.59. The largest absolute Gasteiger partial charge is 0.482 e. The van der Waals surface area contributed by atoms with Gasteiger partial charge in [-0.1, -0.05) is 12.1 Å². The van der Waals surface area contributed by atoms with Crippen LogP contribution in [0.5, 0.6) is 5.75 Å². The number of nitrogens with zero attached hydrogens (tertiary/aromatic N) is 1. The summed E-state index contributed by atoms with van der Waals surface area (Å²) in [5, 5.41) is 2.72. The van der Waals surface area contributed by atoms with E-state index in [0.29, 0.717) is 11.4 Å². The Morgan fingerprint density at radius 3 is 2.48 bits per heavy atom. The second kappa shape index (κ2) is 9.93. The number of benzene rings is 2. The van der Waals surface area contributed by atoms with Gasteiger partial charge in [0.2, 0.25) is 0 Å². The van der Waals surface area contributed by atoms with Crippen LogP contribution in [0.3, 0.4) is 0 Å². The maximum Gasteiger partial charge on any atom is 0.344 e. The number of carbonyl (C=O) groups is 2. The van der Waals surface area contributed by atoms with Crippen LogP contribution in [0.1, 0.15) is 11.1 Å². The minimum Gasteiger partial charge on any atom is -0.482 e. The molecule has 1 aliphatic rings. The molecule has 1 aliphatic heterocycles. The van der Waals surface area contributed by atoms with Gasteiger partial charge in [0.15, 0.2) is 13.2 Å². The second-order valence-electron chi connectivity index (χ2n) is 6.91. The van der Waals surface area contributed by atoms with E-state index in [1.54, 1.807) is 0 Å². The first-order chi connectivity index (χ1) is 14.0. The Bertz CT molecular complexity index is 845. The number of ether oxygens (including phenoxy) is 3. The lowest BCUT2D eigenvalue weighted by atomic mass is 10.1. The molecule has 0 aliphatic carbocycles. The molecule has 0 bridgehead atoms. The van der Waals surface area contributed by atoms with Gasteiger partial charge in [-0.05, 0) is 55.3 Å². The highest BCUT2D eigenvalue weighted by atomic mass is 16.6. The van der Waals surface area contributed by atoms with E-state index in [1.807, 2.05) is 56.3 Å². The molecule has 1 fully saturated rings. The first-order valence-corrected chi connectivity index (χ1v) is 9.59. The SMILES string of the molecule is Cc1ccc(C)c(OCC(=O)OCC(=O)Nc2ccc(N3CCOCC3)cc2)c1. The highest BCUT2D eigenvalue weighted by Crippen LogP contribution is 2.20. The summed E-state index contributed by atoms with van der Waals surface area (Å²) in [5.74, 6) is -0.361. The topological polar surface area (TPSA) is 77.1 Å². The lowest BCUT2D eigenvalue weighted by molar-refractivity contribution is -0.149. The van der Waals surface area contributed by atoms with Crippen molar-refractivity contribution in [3.63, 3.8) is 0 Å². The number of rotatable bonds is 7. The van der Waals surface area contributed by atoms with Crippen molar-refractivity contribution < 1.29 is 23.8 Å². The molecule has 2 aromatic carbocycles. The molecular weight excluding hydrogens is 372 g/mol. The van der Waals surface area contributed by atoms with Crippen LogP contribution in [-0.4, -0.2) is 51.4 Å². The fourth-order valence-electron chi connectivity index (χ4n) is 2.96. The number of esters is 1. The molecular formula is C22H26N2O5. The molecule has 0 radical (unpaired) electrons. The van der Waals surface area contributed by atoms with Crippen molar-refractivity contribution in [3.8, 4) is 5.75 Å². The molecule has 0 unspecified atom stereocenters. The monoisotopic (exact) mass is 398 g/mol. The van der Waals surface area contributed by atoms with Crippen LogP contribution in [0.4, 0.5) is 11.4 Å². The second-order valence-corrected chi connectivity index (χ2v) is 6.91. The van der Waals surface area contributed by atoms with E-state index >= 15 is 0 Å². The van der Waals surface area contributed by atoms with Crippen LogP contribution >= 0.6 is 0 Å². The fraction of sp³-hybridized carbons (Fsp3) is 0.364. The Balaban J connectivity index is 1.41. The summed E-state index contributed by atoms with van der Waals surface area (Å²) in [5.41, 5.74) is 3.70. The third kappa shape index (κ3) is 6.22. The normalized spacial score (nSPS) is 13.7. The number of morpholine rings is 1. The molecule has 0 saturated carbocycles.